The Bertz CT molecular complexity index is 804. The van der Waals surface area contributed by atoms with Crippen molar-refractivity contribution in [2.75, 3.05) is 5.32 Å². The molecule has 0 heterocycles. The minimum atomic E-state index is 0.406. The second kappa shape index (κ2) is 5.19. The number of nitrogens with one attached hydrogen (secondary N) is 1. The van der Waals surface area contributed by atoms with Crippen LogP contribution in [0.3, 0.4) is 0 Å². The van der Waals surface area contributed by atoms with Gasteiger partial charge in [-0.3, -0.25) is 0 Å². The summed E-state index contributed by atoms with van der Waals surface area (Å²) in [5.41, 5.74) is 4.11. The Morgan fingerprint density at radius 3 is 2.67 bits per heavy atom. The lowest BCUT2D eigenvalue weighted by atomic mass is 10.1. The predicted octanol–water partition coefficient (Wildman–Crippen LogP) is 5.70. The summed E-state index contributed by atoms with van der Waals surface area (Å²) in [7, 11) is 0. The van der Waals surface area contributed by atoms with E-state index in [2.05, 4.69) is 81.9 Å². The Labute approximate surface area is 133 Å². The number of fused-ring (bicyclic) bond motifs is 2. The molecule has 1 nitrogen and oxygen atoms in total. The fourth-order valence-corrected chi connectivity index (χ4v) is 3.88. The van der Waals surface area contributed by atoms with Gasteiger partial charge < -0.3 is 5.32 Å². The maximum Gasteiger partial charge on any atom is 0.0520 e. The van der Waals surface area contributed by atoms with Gasteiger partial charge in [0.25, 0.3) is 0 Å². The van der Waals surface area contributed by atoms with Crippen LogP contribution in [0.2, 0.25) is 0 Å². The van der Waals surface area contributed by atoms with Crippen LogP contribution in [0.15, 0.2) is 65.1 Å². The molecule has 0 bridgehead atoms. The van der Waals surface area contributed by atoms with Gasteiger partial charge in [-0.05, 0) is 41.5 Å². The van der Waals surface area contributed by atoms with Crippen LogP contribution in [-0.2, 0) is 6.42 Å². The molecule has 0 saturated heterocycles. The molecular formula is C19H16BrN. The summed E-state index contributed by atoms with van der Waals surface area (Å²) in [6, 6.07) is 21.9. The average molecular weight is 338 g/mol. The van der Waals surface area contributed by atoms with Crippen molar-refractivity contribution in [3.05, 3.63) is 76.3 Å². The molecule has 1 aliphatic carbocycles. The zero-order valence-electron chi connectivity index (χ0n) is 11.6. The normalized spacial score (nSPS) is 16.9. The van der Waals surface area contributed by atoms with Crippen molar-refractivity contribution in [2.45, 2.75) is 18.9 Å². The molecule has 0 radical (unpaired) electrons. The Morgan fingerprint density at radius 2 is 1.71 bits per heavy atom. The van der Waals surface area contributed by atoms with Crippen molar-refractivity contribution in [1.29, 1.82) is 0 Å². The van der Waals surface area contributed by atoms with Crippen LogP contribution in [-0.4, -0.2) is 0 Å². The third-order valence-electron chi connectivity index (χ3n) is 4.33. The lowest BCUT2D eigenvalue weighted by Gasteiger charge is -2.17. The van der Waals surface area contributed by atoms with Gasteiger partial charge in [-0.25, -0.2) is 0 Å². The molecule has 0 spiro atoms. The van der Waals surface area contributed by atoms with Gasteiger partial charge in [-0.2, -0.15) is 0 Å². The fourth-order valence-electron chi connectivity index (χ4n) is 3.30. The van der Waals surface area contributed by atoms with Gasteiger partial charge in [0, 0.05) is 15.5 Å². The molecule has 3 aromatic rings. The minimum absolute atomic E-state index is 0.406. The van der Waals surface area contributed by atoms with E-state index in [0.29, 0.717) is 6.04 Å². The van der Waals surface area contributed by atoms with Crippen LogP contribution >= 0.6 is 15.9 Å². The standard InChI is InChI=1S/C19H16BrN/c20-17-9-4-8-16-15(17)11-12-19(16)21-18-10-3-6-13-5-1-2-7-14(13)18/h1-10,19,21H,11-12H2. The van der Waals surface area contributed by atoms with E-state index < -0.39 is 0 Å². The number of halogens is 1. The van der Waals surface area contributed by atoms with Gasteiger partial charge in [0.15, 0.2) is 0 Å². The highest BCUT2D eigenvalue weighted by molar-refractivity contribution is 9.10. The number of hydrogen-bond donors (Lipinski definition) is 1. The van der Waals surface area contributed by atoms with Crippen LogP contribution in [0, 0.1) is 0 Å². The highest BCUT2D eigenvalue weighted by Crippen LogP contribution is 2.38. The maximum absolute atomic E-state index is 3.75. The topological polar surface area (TPSA) is 12.0 Å². The molecule has 3 aromatic carbocycles. The lowest BCUT2D eigenvalue weighted by Crippen LogP contribution is -2.07. The molecule has 104 valence electrons. The minimum Gasteiger partial charge on any atom is -0.378 e. The molecule has 1 atom stereocenters. The molecule has 4 rings (SSSR count). The van der Waals surface area contributed by atoms with Crippen molar-refractivity contribution < 1.29 is 0 Å². The molecule has 21 heavy (non-hydrogen) atoms. The van der Waals surface area contributed by atoms with Crippen LogP contribution in [0.4, 0.5) is 5.69 Å². The van der Waals surface area contributed by atoms with E-state index in [1.54, 1.807) is 0 Å². The van der Waals surface area contributed by atoms with Gasteiger partial charge in [0.1, 0.15) is 0 Å². The maximum atomic E-state index is 3.75. The summed E-state index contributed by atoms with van der Waals surface area (Å²) in [5, 5.41) is 6.33. The zero-order valence-corrected chi connectivity index (χ0v) is 13.2. The predicted molar refractivity (Wildman–Crippen MR) is 92.8 cm³/mol. The third-order valence-corrected chi connectivity index (χ3v) is 5.08. The third kappa shape index (κ3) is 2.24. The summed E-state index contributed by atoms with van der Waals surface area (Å²) in [6.45, 7) is 0. The van der Waals surface area contributed by atoms with Crippen molar-refractivity contribution in [1.82, 2.24) is 0 Å². The molecule has 0 aromatic heterocycles. The summed E-state index contributed by atoms with van der Waals surface area (Å²) < 4.78 is 1.24. The summed E-state index contributed by atoms with van der Waals surface area (Å²) in [4.78, 5) is 0. The molecule has 0 amide bonds. The van der Waals surface area contributed by atoms with E-state index in [0.717, 1.165) is 12.8 Å². The van der Waals surface area contributed by atoms with Crippen LogP contribution in [0.1, 0.15) is 23.6 Å². The smallest absolute Gasteiger partial charge is 0.0520 e. The van der Waals surface area contributed by atoms with Gasteiger partial charge in [-0.15, -0.1) is 0 Å². The largest absolute Gasteiger partial charge is 0.378 e. The van der Waals surface area contributed by atoms with Gasteiger partial charge in [0.2, 0.25) is 0 Å². The highest BCUT2D eigenvalue weighted by Gasteiger charge is 2.24. The molecule has 1 aliphatic rings. The summed E-state index contributed by atoms with van der Waals surface area (Å²) in [5.74, 6) is 0. The first-order chi connectivity index (χ1) is 10.3. The van der Waals surface area contributed by atoms with Gasteiger partial charge in [-0.1, -0.05) is 64.5 Å². The quantitative estimate of drug-likeness (QED) is 0.632. The Hall–Kier alpha value is -1.80. The van der Waals surface area contributed by atoms with E-state index in [1.165, 1.54) is 32.1 Å². The second-order valence-electron chi connectivity index (χ2n) is 5.57. The Morgan fingerprint density at radius 1 is 0.905 bits per heavy atom. The SMILES string of the molecule is Brc1cccc2c1CCC2Nc1cccc2ccccc12. The number of hydrogen-bond acceptors (Lipinski definition) is 1. The van der Waals surface area contributed by atoms with Gasteiger partial charge >= 0.3 is 0 Å². The fraction of sp³-hybridized carbons (Fsp3) is 0.158. The van der Waals surface area contributed by atoms with Crippen molar-refractivity contribution >= 4 is 32.4 Å². The van der Waals surface area contributed by atoms with Crippen molar-refractivity contribution in [3.8, 4) is 0 Å². The summed E-state index contributed by atoms with van der Waals surface area (Å²) in [6.07, 6.45) is 2.29. The second-order valence-corrected chi connectivity index (χ2v) is 6.42. The van der Waals surface area contributed by atoms with E-state index in [4.69, 9.17) is 0 Å². The zero-order chi connectivity index (χ0) is 14.2. The Kier molecular flexibility index (Phi) is 3.19. The molecule has 1 unspecified atom stereocenters. The van der Waals surface area contributed by atoms with Crippen LogP contribution in [0.5, 0.6) is 0 Å². The van der Waals surface area contributed by atoms with E-state index in [9.17, 15) is 0 Å². The first kappa shape index (κ1) is 12.9. The first-order valence-electron chi connectivity index (χ1n) is 7.34. The number of anilines is 1. The number of benzene rings is 3. The molecule has 2 heteroatoms. The van der Waals surface area contributed by atoms with E-state index in [1.807, 2.05) is 0 Å². The molecule has 0 saturated carbocycles. The Balaban J connectivity index is 1.73. The average Bonchev–Trinajstić information content (AvgIpc) is 2.92. The molecule has 0 aliphatic heterocycles. The van der Waals surface area contributed by atoms with Crippen molar-refractivity contribution in [3.63, 3.8) is 0 Å². The van der Waals surface area contributed by atoms with E-state index >= 15 is 0 Å². The van der Waals surface area contributed by atoms with Crippen molar-refractivity contribution in [2.24, 2.45) is 0 Å². The first-order valence-corrected chi connectivity index (χ1v) is 8.14. The molecular weight excluding hydrogens is 322 g/mol. The van der Waals surface area contributed by atoms with Gasteiger partial charge in [0.05, 0.1) is 6.04 Å². The van der Waals surface area contributed by atoms with Crippen LogP contribution < -0.4 is 5.32 Å². The van der Waals surface area contributed by atoms with E-state index in [-0.39, 0.29) is 0 Å². The number of rotatable bonds is 2. The highest BCUT2D eigenvalue weighted by atomic mass is 79.9. The molecule has 0 fully saturated rings. The lowest BCUT2D eigenvalue weighted by molar-refractivity contribution is 0.763. The summed E-state index contributed by atoms with van der Waals surface area (Å²) >= 11 is 3.67. The van der Waals surface area contributed by atoms with Crippen LogP contribution in [0.25, 0.3) is 10.8 Å². The molecule has 1 N–H and O–H groups in total. The monoisotopic (exact) mass is 337 g/mol.